The lowest BCUT2D eigenvalue weighted by molar-refractivity contribution is -0.143. The van der Waals surface area contributed by atoms with Crippen LogP contribution in [0.4, 0.5) is 0 Å². The summed E-state index contributed by atoms with van der Waals surface area (Å²) in [7, 11) is 0. The Morgan fingerprint density at radius 3 is 0.959 bits per heavy atom. The van der Waals surface area contributed by atoms with Crippen molar-refractivity contribution in [3.05, 3.63) is 24.3 Å². The predicted octanol–water partition coefficient (Wildman–Crippen LogP) is 21.4. The number of carbonyl (C=O) groups is 2. The van der Waals surface area contributed by atoms with E-state index in [1.54, 1.807) is 6.08 Å². The van der Waals surface area contributed by atoms with E-state index in [-0.39, 0.29) is 18.5 Å². The van der Waals surface area contributed by atoms with Crippen LogP contribution in [0.25, 0.3) is 0 Å². The molecule has 0 aliphatic heterocycles. The predicted molar refractivity (Wildman–Crippen MR) is 324 cm³/mol. The van der Waals surface area contributed by atoms with Crippen molar-refractivity contribution in [2.24, 2.45) is 0 Å². The molecule has 2 atom stereocenters. The summed E-state index contributed by atoms with van der Waals surface area (Å²) in [5.41, 5.74) is 0. The van der Waals surface area contributed by atoms with Crippen LogP contribution in [0.15, 0.2) is 24.3 Å². The summed E-state index contributed by atoms with van der Waals surface area (Å²) in [5, 5.41) is 23.2. The van der Waals surface area contributed by atoms with E-state index in [2.05, 4.69) is 31.3 Å². The molecule has 0 aliphatic carbocycles. The number of aliphatic hydroxyl groups is 2. The average Bonchev–Trinajstić information content (AvgIpc) is 3.40. The van der Waals surface area contributed by atoms with Crippen molar-refractivity contribution in [3.63, 3.8) is 0 Å². The Bertz CT molecular complexity index is 1150. The van der Waals surface area contributed by atoms with Gasteiger partial charge in [0.15, 0.2) is 0 Å². The molecule has 0 saturated heterocycles. The number of nitrogens with one attached hydrogen (secondary N) is 1. The molecule has 6 nitrogen and oxygen atoms in total. The largest absolute Gasteiger partial charge is 0.466 e. The van der Waals surface area contributed by atoms with Crippen LogP contribution < -0.4 is 5.32 Å². The van der Waals surface area contributed by atoms with E-state index in [4.69, 9.17) is 4.74 Å². The number of carbonyl (C=O) groups excluding carboxylic acids is 2. The Balaban J connectivity index is 3.43. The molecule has 0 aromatic heterocycles. The van der Waals surface area contributed by atoms with Crippen molar-refractivity contribution in [1.82, 2.24) is 5.32 Å². The second-order valence-corrected chi connectivity index (χ2v) is 23.2. The van der Waals surface area contributed by atoms with Crippen molar-refractivity contribution in [2.75, 3.05) is 13.2 Å². The summed E-state index contributed by atoms with van der Waals surface area (Å²) in [5.74, 6) is -0.0541. The monoisotopic (exact) mass is 1040 g/mol. The highest BCUT2D eigenvalue weighted by molar-refractivity contribution is 5.76. The van der Waals surface area contributed by atoms with Gasteiger partial charge in [-0.15, -0.1) is 0 Å². The molecule has 0 spiro atoms. The summed E-state index contributed by atoms with van der Waals surface area (Å²) in [6.45, 7) is 4.93. The van der Waals surface area contributed by atoms with Gasteiger partial charge in [-0.3, -0.25) is 9.59 Å². The van der Waals surface area contributed by atoms with Crippen LogP contribution in [-0.2, 0) is 14.3 Å². The molecule has 0 heterocycles. The van der Waals surface area contributed by atoms with Gasteiger partial charge in [-0.1, -0.05) is 327 Å². The molecule has 0 radical (unpaired) electrons. The van der Waals surface area contributed by atoms with Crippen LogP contribution in [0.3, 0.4) is 0 Å². The molecule has 0 aromatic rings. The third kappa shape index (κ3) is 59.6. The maximum absolute atomic E-state index is 12.5. The smallest absolute Gasteiger partial charge is 0.305 e. The fourth-order valence-corrected chi connectivity index (χ4v) is 10.6. The average molecular weight is 1040 g/mol. The standard InChI is InChI=1S/C68H131NO5/c1-3-5-7-9-11-13-15-16-17-18-19-25-28-31-34-37-41-44-48-52-56-60-66(71)65(64-70)69-67(72)61-57-53-49-45-42-38-35-32-29-26-23-21-20-22-24-27-30-33-36-39-43-47-51-55-59-63-74-68(73)62-58-54-50-46-40-14-12-10-8-6-4-2/h21,23,56,60,65-66,70-71H,3-20,22,24-55,57-59,61-64H2,1-2H3,(H,69,72)/b23-21-,60-56+. The van der Waals surface area contributed by atoms with E-state index in [9.17, 15) is 19.8 Å². The molecule has 0 bridgehead atoms. The molecule has 2 unspecified atom stereocenters. The van der Waals surface area contributed by atoms with E-state index >= 15 is 0 Å². The quantitative estimate of drug-likeness (QED) is 0.0320. The second kappa shape index (κ2) is 63.9. The lowest BCUT2D eigenvalue weighted by Crippen LogP contribution is -2.45. The van der Waals surface area contributed by atoms with Crippen molar-refractivity contribution in [2.45, 2.75) is 386 Å². The van der Waals surface area contributed by atoms with Gasteiger partial charge in [-0.2, -0.15) is 0 Å². The molecule has 0 rings (SSSR count). The highest BCUT2D eigenvalue weighted by atomic mass is 16.5. The SMILES string of the molecule is CCCCCCCCCCCCCCCCCCCCC/C=C/C(O)C(CO)NC(=O)CCCCCCCCCCC/C=C\CCCCCCCCCCCCCCOC(=O)CCCCCCCCCCCCC. The minimum absolute atomic E-state index is 0.0132. The summed E-state index contributed by atoms with van der Waals surface area (Å²) < 4.78 is 5.47. The number of ether oxygens (including phenoxy) is 1. The third-order valence-electron chi connectivity index (χ3n) is 15.7. The fraction of sp³-hybridized carbons (Fsp3) is 0.912. The minimum atomic E-state index is -0.847. The number of esters is 1. The van der Waals surface area contributed by atoms with E-state index < -0.39 is 12.1 Å². The third-order valence-corrected chi connectivity index (χ3v) is 15.7. The normalized spacial score (nSPS) is 12.6. The summed E-state index contributed by atoms with van der Waals surface area (Å²) in [6, 6.07) is -0.631. The Morgan fingerprint density at radius 1 is 0.365 bits per heavy atom. The van der Waals surface area contributed by atoms with Crippen LogP contribution in [0.2, 0.25) is 0 Å². The van der Waals surface area contributed by atoms with Gasteiger partial charge >= 0.3 is 5.97 Å². The number of allylic oxidation sites excluding steroid dienone is 3. The lowest BCUT2D eigenvalue weighted by atomic mass is 10.0. The van der Waals surface area contributed by atoms with Gasteiger partial charge in [0.05, 0.1) is 25.4 Å². The van der Waals surface area contributed by atoms with Crippen molar-refractivity contribution < 1.29 is 24.5 Å². The molecule has 438 valence electrons. The molecule has 74 heavy (non-hydrogen) atoms. The maximum atomic E-state index is 12.5. The number of amides is 1. The first-order valence-corrected chi connectivity index (χ1v) is 33.6. The molecular formula is C68H131NO5. The highest BCUT2D eigenvalue weighted by Gasteiger charge is 2.18. The van der Waals surface area contributed by atoms with Gasteiger partial charge in [0.25, 0.3) is 0 Å². The number of hydrogen-bond donors (Lipinski definition) is 3. The fourth-order valence-electron chi connectivity index (χ4n) is 10.6. The van der Waals surface area contributed by atoms with Crippen LogP contribution in [0, 0.1) is 0 Å². The zero-order chi connectivity index (χ0) is 53.6. The van der Waals surface area contributed by atoms with E-state index in [1.807, 2.05) is 6.08 Å². The van der Waals surface area contributed by atoms with Gasteiger partial charge in [0.1, 0.15) is 0 Å². The van der Waals surface area contributed by atoms with Crippen molar-refractivity contribution in [3.8, 4) is 0 Å². The number of rotatable bonds is 63. The van der Waals surface area contributed by atoms with Gasteiger partial charge < -0.3 is 20.3 Å². The molecule has 0 aromatic carbocycles. The first-order chi connectivity index (χ1) is 36.5. The van der Waals surface area contributed by atoms with Crippen LogP contribution in [-0.4, -0.2) is 47.4 Å². The maximum Gasteiger partial charge on any atom is 0.305 e. The molecule has 3 N–H and O–H groups in total. The van der Waals surface area contributed by atoms with Crippen LogP contribution >= 0.6 is 0 Å². The topological polar surface area (TPSA) is 95.9 Å². The zero-order valence-corrected chi connectivity index (χ0v) is 50.1. The molecule has 6 heteroatoms. The molecule has 0 fully saturated rings. The Morgan fingerprint density at radius 2 is 0.635 bits per heavy atom. The van der Waals surface area contributed by atoms with Gasteiger partial charge in [-0.05, 0) is 57.8 Å². The Labute approximate surface area is 462 Å². The second-order valence-electron chi connectivity index (χ2n) is 23.2. The number of hydrogen-bond acceptors (Lipinski definition) is 5. The molecule has 0 aliphatic rings. The van der Waals surface area contributed by atoms with Gasteiger partial charge in [-0.25, -0.2) is 0 Å². The van der Waals surface area contributed by atoms with E-state index in [0.29, 0.717) is 19.4 Å². The lowest BCUT2D eigenvalue weighted by Gasteiger charge is -2.20. The van der Waals surface area contributed by atoms with Gasteiger partial charge in [0, 0.05) is 12.8 Å². The van der Waals surface area contributed by atoms with Crippen LogP contribution in [0.5, 0.6) is 0 Å². The highest BCUT2D eigenvalue weighted by Crippen LogP contribution is 2.18. The van der Waals surface area contributed by atoms with E-state index in [0.717, 1.165) is 38.5 Å². The molecule has 1 amide bonds. The number of unbranched alkanes of at least 4 members (excludes halogenated alkanes) is 50. The molecule has 0 saturated carbocycles. The Kier molecular flexibility index (Phi) is 62.4. The van der Waals surface area contributed by atoms with Gasteiger partial charge in [0.2, 0.25) is 5.91 Å². The van der Waals surface area contributed by atoms with E-state index in [1.165, 1.54) is 308 Å². The zero-order valence-electron chi connectivity index (χ0n) is 50.1. The summed E-state index contributed by atoms with van der Waals surface area (Å²) >= 11 is 0. The number of aliphatic hydroxyl groups excluding tert-OH is 2. The van der Waals surface area contributed by atoms with Crippen molar-refractivity contribution >= 4 is 11.9 Å². The minimum Gasteiger partial charge on any atom is -0.466 e. The molecular weight excluding hydrogens is 911 g/mol. The summed E-state index contributed by atoms with van der Waals surface area (Å²) in [4.78, 5) is 24.5. The first-order valence-electron chi connectivity index (χ1n) is 33.6. The van der Waals surface area contributed by atoms with Crippen LogP contribution in [0.1, 0.15) is 373 Å². The Hall–Kier alpha value is -1.66. The first kappa shape index (κ1) is 72.3. The summed E-state index contributed by atoms with van der Waals surface area (Å²) in [6.07, 6.45) is 79.5. The van der Waals surface area contributed by atoms with Crippen molar-refractivity contribution in [1.29, 1.82) is 0 Å².